The average Bonchev–Trinajstić information content (AvgIpc) is 3.12. The Morgan fingerprint density at radius 2 is 1.82 bits per heavy atom. The van der Waals surface area contributed by atoms with E-state index in [9.17, 15) is 4.79 Å². The maximum atomic E-state index is 12.3. The minimum Gasteiger partial charge on any atom is -0.286 e. The number of unbranched alkanes of at least 4 members (excludes halogenated alkanes) is 5. The molecule has 0 heterocycles. The van der Waals surface area contributed by atoms with E-state index in [0.29, 0.717) is 21.2 Å². The molecular formula is C30H49BrOS. The van der Waals surface area contributed by atoms with E-state index < -0.39 is 0 Å². The van der Waals surface area contributed by atoms with Crippen LogP contribution in [0.1, 0.15) is 124 Å². The molecule has 0 aliphatic heterocycles. The first-order chi connectivity index (χ1) is 15.8. The molecule has 0 spiro atoms. The van der Waals surface area contributed by atoms with Gasteiger partial charge in [-0.2, -0.15) is 0 Å². The number of hydrogen-bond donors (Lipinski definition) is 0. The van der Waals surface area contributed by atoms with E-state index >= 15 is 0 Å². The summed E-state index contributed by atoms with van der Waals surface area (Å²) >= 11 is 5.09. The van der Waals surface area contributed by atoms with Crippen LogP contribution in [0.25, 0.3) is 0 Å². The molecule has 0 amide bonds. The minimum atomic E-state index is -0.0248. The van der Waals surface area contributed by atoms with Crippen molar-refractivity contribution in [3.63, 3.8) is 0 Å². The van der Waals surface area contributed by atoms with Crippen molar-refractivity contribution in [1.82, 2.24) is 0 Å². The van der Waals surface area contributed by atoms with Crippen LogP contribution in [0.4, 0.5) is 0 Å². The Labute approximate surface area is 217 Å². The summed E-state index contributed by atoms with van der Waals surface area (Å²) in [6, 6.07) is 0. The van der Waals surface area contributed by atoms with E-state index in [1.165, 1.54) is 89.9 Å². The van der Waals surface area contributed by atoms with Gasteiger partial charge >= 0.3 is 0 Å². The number of fused-ring (bicyclic) bond motifs is 5. The largest absolute Gasteiger partial charge is 0.286 e. The van der Waals surface area contributed by atoms with E-state index in [1.54, 1.807) is 17.3 Å². The third kappa shape index (κ3) is 5.35. The standard InChI is InChI=1S/C30H49BrOS/c1-5-6-7-8-9-10-11-22-13-15-26-25-14-12-23-20-24(33-28(32)21(2)31)16-18-30(23,4)27(25)17-19-29(22,26)3/h12,21-22,24-27H,5-11,13-20H2,1-4H3/t21-,22+,24+,25-,26-,27-,29-,30+/m1/s1. The molecule has 4 aliphatic carbocycles. The Hall–Kier alpha value is 0.240. The van der Waals surface area contributed by atoms with Gasteiger partial charge in [0.1, 0.15) is 0 Å². The molecule has 0 aromatic rings. The summed E-state index contributed by atoms with van der Waals surface area (Å²) in [6.45, 7) is 9.59. The monoisotopic (exact) mass is 536 g/mol. The highest BCUT2D eigenvalue weighted by molar-refractivity contribution is 9.10. The summed E-state index contributed by atoms with van der Waals surface area (Å²) in [6.07, 6.45) is 23.7. The molecule has 0 bridgehead atoms. The third-order valence-corrected chi connectivity index (χ3v) is 12.8. The van der Waals surface area contributed by atoms with Crippen molar-refractivity contribution in [1.29, 1.82) is 0 Å². The van der Waals surface area contributed by atoms with Crippen molar-refractivity contribution in [3.05, 3.63) is 11.6 Å². The Morgan fingerprint density at radius 1 is 1.06 bits per heavy atom. The molecule has 0 radical (unpaired) electrons. The molecular weight excluding hydrogens is 488 g/mol. The Balaban J connectivity index is 1.38. The van der Waals surface area contributed by atoms with E-state index in [2.05, 4.69) is 42.8 Å². The van der Waals surface area contributed by atoms with Gasteiger partial charge in [0.15, 0.2) is 0 Å². The Bertz CT molecular complexity index is 716. The zero-order chi connectivity index (χ0) is 23.6. The first kappa shape index (κ1) is 26.3. The van der Waals surface area contributed by atoms with Crippen molar-refractivity contribution in [2.24, 2.45) is 34.5 Å². The van der Waals surface area contributed by atoms with E-state index in [4.69, 9.17) is 0 Å². The Kier molecular flexibility index (Phi) is 8.85. The van der Waals surface area contributed by atoms with Crippen LogP contribution in [0.3, 0.4) is 0 Å². The second kappa shape index (κ2) is 11.1. The van der Waals surface area contributed by atoms with Crippen LogP contribution in [0.2, 0.25) is 0 Å². The molecule has 33 heavy (non-hydrogen) atoms. The highest BCUT2D eigenvalue weighted by Gasteiger charge is 2.58. The molecule has 1 nitrogen and oxygen atoms in total. The van der Waals surface area contributed by atoms with E-state index in [0.717, 1.165) is 30.1 Å². The second-order valence-corrected chi connectivity index (χ2v) is 15.2. The number of thioether (sulfide) groups is 1. The van der Waals surface area contributed by atoms with Gasteiger partial charge in [-0.3, -0.25) is 4.79 Å². The SMILES string of the molecule is CCCCCCCC[C@H]1CC[C@@H]2[C@H]3CC=C4C[C@@H](SC(=O)[C@@H](C)Br)CC[C@]4(C)[C@@H]3CC[C@]12C. The maximum absolute atomic E-state index is 12.3. The first-order valence-electron chi connectivity index (χ1n) is 14.3. The number of alkyl halides is 1. The van der Waals surface area contributed by atoms with Gasteiger partial charge in [0.25, 0.3) is 0 Å². The summed E-state index contributed by atoms with van der Waals surface area (Å²) in [5.41, 5.74) is 2.73. The molecule has 0 aromatic carbocycles. The maximum Gasteiger partial charge on any atom is 0.202 e. The lowest BCUT2D eigenvalue weighted by Crippen LogP contribution is -2.50. The molecule has 0 unspecified atom stereocenters. The highest BCUT2D eigenvalue weighted by atomic mass is 79.9. The van der Waals surface area contributed by atoms with Gasteiger partial charge in [-0.15, -0.1) is 0 Å². The number of allylic oxidation sites excluding steroid dienone is 2. The fourth-order valence-corrected chi connectivity index (χ4v) is 10.1. The van der Waals surface area contributed by atoms with Crippen molar-refractivity contribution in [2.45, 2.75) is 134 Å². The topological polar surface area (TPSA) is 17.1 Å². The van der Waals surface area contributed by atoms with Gasteiger partial charge < -0.3 is 0 Å². The van der Waals surface area contributed by atoms with Crippen molar-refractivity contribution >= 4 is 32.8 Å². The lowest BCUT2D eigenvalue weighted by molar-refractivity contribution is -0.110. The average molecular weight is 538 g/mol. The molecule has 0 saturated heterocycles. The van der Waals surface area contributed by atoms with E-state index in [-0.39, 0.29) is 4.83 Å². The lowest BCUT2D eigenvalue weighted by atomic mass is 9.47. The van der Waals surface area contributed by atoms with Gasteiger partial charge in [0.2, 0.25) is 5.12 Å². The molecule has 0 N–H and O–H groups in total. The molecule has 3 heteroatoms. The van der Waals surface area contributed by atoms with Gasteiger partial charge in [-0.25, -0.2) is 0 Å². The van der Waals surface area contributed by atoms with Crippen LogP contribution < -0.4 is 0 Å². The molecule has 4 aliphatic rings. The third-order valence-electron chi connectivity index (χ3n) is 10.8. The summed E-state index contributed by atoms with van der Waals surface area (Å²) in [4.78, 5) is 12.3. The van der Waals surface area contributed by atoms with Crippen LogP contribution in [-0.4, -0.2) is 15.2 Å². The number of rotatable bonds is 9. The van der Waals surface area contributed by atoms with Crippen molar-refractivity contribution in [2.75, 3.05) is 0 Å². The summed E-state index contributed by atoms with van der Waals surface area (Å²) in [7, 11) is 0. The molecule has 188 valence electrons. The fraction of sp³-hybridized carbons (Fsp3) is 0.900. The van der Waals surface area contributed by atoms with Gasteiger partial charge in [0.05, 0.1) is 4.83 Å². The minimum absolute atomic E-state index is 0.0248. The van der Waals surface area contributed by atoms with Crippen LogP contribution in [0.5, 0.6) is 0 Å². The second-order valence-electron chi connectivity index (χ2n) is 12.6. The number of halogens is 1. The van der Waals surface area contributed by atoms with Crippen LogP contribution in [0, 0.1) is 34.5 Å². The van der Waals surface area contributed by atoms with Crippen LogP contribution >= 0.6 is 27.7 Å². The molecule has 3 saturated carbocycles. The number of carbonyl (C=O) groups excluding carboxylic acids is 1. The smallest absolute Gasteiger partial charge is 0.202 e. The van der Waals surface area contributed by atoms with Gasteiger partial charge in [-0.05, 0) is 99.2 Å². The van der Waals surface area contributed by atoms with Gasteiger partial charge in [0, 0.05) is 5.25 Å². The number of hydrogen-bond acceptors (Lipinski definition) is 2. The number of carbonyl (C=O) groups is 1. The molecule has 0 aromatic heterocycles. The normalized spacial score (nSPS) is 41.0. The van der Waals surface area contributed by atoms with Crippen LogP contribution in [0.15, 0.2) is 11.6 Å². The quantitative estimate of drug-likeness (QED) is 0.165. The highest BCUT2D eigenvalue weighted by Crippen LogP contribution is 2.67. The summed E-state index contributed by atoms with van der Waals surface area (Å²) in [5, 5.41) is 0.809. The molecule has 4 rings (SSSR count). The van der Waals surface area contributed by atoms with Crippen molar-refractivity contribution < 1.29 is 4.79 Å². The summed E-state index contributed by atoms with van der Waals surface area (Å²) < 4.78 is 0. The zero-order valence-electron chi connectivity index (χ0n) is 21.8. The van der Waals surface area contributed by atoms with Crippen LogP contribution in [-0.2, 0) is 4.79 Å². The van der Waals surface area contributed by atoms with Crippen molar-refractivity contribution in [3.8, 4) is 0 Å². The zero-order valence-corrected chi connectivity index (χ0v) is 24.2. The van der Waals surface area contributed by atoms with Gasteiger partial charge in [-0.1, -0.05) is 98.6 Å². The first-order valence-corrected chi connectivity index (χ1v) is 16.1. The lowest BCUT2D eigenvalue weighted by Gasteiger charge is -2.58. The fourth-order valence-electron chi connectivity index (χ4n) is 8.74. The Morgan fingerprint density at radius 3 is 2.58 bits per heavy atom. The molecule has 8 atom stereocenters. The predicted molar refractivity (Wildman–Crippen MR) is 148 cm³/mol. The molecule has 3 fully saturated rings. The van der Waals surface area contributed by atoms with E-state index in [1.807, 2.05) is 6.92 Å². The predicted octanol–water partition coefficient (Wildman–Crippen LogP) is 9.73. The summed E-state index contributed by atoms with van der Waals surface area (Å²) in [5.74, 6) is 3.75.